The third kappa shape index (κ3) is 15.0. The molecular weight excluding hydrogens is 1400 g/mol. The van der Waals surface area contributed by atoms with Crippen molar-refractivity contribution in [2.45, 2.75) is 58.0 Å². The van der Waals surface area contributed by atoms with E-state index in [1.54, 1.807) is 32.9 Å². The molecule has 4 amide bonds. The van der Waals surface area contributed by atoms with Crippen LogP contribution in [0.2, 0.25) is 20.1 Å². The van der Waals surface area contributed by atoms with Gasteiger partial charge in [-0.1, -0.05) is 180 Å². The first-order chi connectivity index (χ1) is 49.4. The summed E-state index contributed by atoms with van der Waals surface area (Å²) in [7, 11) is 0. The van der Waals surface area contributed by atoms with Gasteiger partial charge in [0, 0.05) is 76.9 Å². The van der Waals surface area contributed by atoms with E-state index in [2.05, 4.69) is 45.8 Å². The van der Waals surface area contributed by atoms with Gasteiger partial charge in [0.25, 0.3) is 23.6 Å². The van der Waals surface area contributed by atoms with Crippen molar-refractivity contribution in [3.05, 3.63) is 299 Å². The predicted octanol–water partition coefficient (Wildman–Crippen LogP) is 16.4. The number of alkyl halides is 3. The molecule has 102 heavy (non-hydrogen) atoms. The number of pyridine rings is 1. The summed E-state index contributed by atoms with van der Waals surface area (Å²) in [6.07, 6.45) is -1.02. The van der Waals surface area contributed by atoms with Gasteiger partial charge < -0.3 is 19.6 Å². The number of amides is 4. The Balaban J connectivity index is 0.000000121. The van der Waals surface area contributed by atoms with Gasteiger partial charge >= 0.3 is 6.18 Å². The number of carbonyl (C=O) groups is 4. The molecule has 0 spiro atoms. The average Bonchev–Trinajstić information content (AvgIpc) is 1.57. The lowest BCUT2D eigenvalue weighted by molar-refractivity contribution is -0.141. The normalized spacial score (nSPS) is 13.7. The lowest BCUT2D eigenvalue weighted by Gasteiger charge is -2.27. The van der Waals surface area contributed by atoms with Crippen LogP contribution in [0.5, 0.6) is 0 Å². The van der Waals surface area contributed by atoms with Crippen LogP contribution in [-0.2, 0) is 58.0 Å². The molecule has 0 unspecified atom stereocenters. The summed E-state index contributed by atoms with van der Waals surface area (Å²) < 4.78 is 66.7. The molecule has 16 rings (SSSR count). The number of hydrogen-bond acceptors (Lipinski definition) is 9. The van der Waals surface area contributed by atoms with E-state index in [4.69, 9.17) is 46.4 Å². The summed E-state index contributed by atoms with van der Waals surface area (Å²) >= 11 is 24.4. The van der Waals surface area contributed by atoms with Gasteiger partial charge in [0.15, 0.2) is 5.69 Å². The van der Waals surface area contributed by atoms with E-state index in [1.807, 2.05) is 121 Å². The number of hydrogen-bond donors (Lipinski definition) is 4. The quantitative estimate of drug-likeness (QED) is 0.107. The van der Waals surface area contributed by atoms with Gasteiger partial charge in [-0.25, -0.2) is 8.78 Å². The largest absolute Gasteiger partial charge is 0.434 e. The van der Waals surface area contributed by atoms with E-state index < -0.39 is 40.9 Å². The molecule has 5 aromatic heterocycles. The van der Waals surface area contributed by atoms with Crippen LogP contribution in [0.4, 0.5) is 22.0 Å². The number of halogens is 9. The van der Waals surface area contributed by atoms with Crippen LogP contribution in [0.15, 0.2) is 194 Å². The average molecular weight is 1460 g/mol. The maximum Gasteiger partial charge on any atom is 0.434 e. The molecule has 0 fully saturated rings. The third-order valence-corrected chi connectivity index (χ3v) is 19.2. The Morgan fingerprint density at radius 2 is 0.716 bits per heavy atom. The molecule has 7 aromatic carbocycles. The van der Waals surface area contributed by atoms with Crippen molar-refractivity contribution in [3.63, 3.8) is 0 Å². The van der Waals surface area contributed by atoms with Gasteiger partial charge in [-0.15, -0.1) is 0 Å². The van der Waals surface area contributed by atoms with E-state index in [0.29, 0.717) is 86.2 Å². The fourth-order valence-electron chi connectivity index (χ4n) is 12.8. The molecule has 0 saturated carbocycles. The summed E-state index contributed by atoms with van der Waals surface area (Å²) in [5.74, 6) is -2.49. The third-order valence-electron chi connectivity index (χ3n) is 17.9. The van der Waals surface area contributed by atoms with Crippen molar-refractivity contribution in [1.29, 1.82) is 0 Å². The van der Waals surface area contributed by atoms with Gasteiger partial charge in [-0.2, -0.15) is 33.6 Å². The molecule has 516 valence electrons. The van der Waals surface area contributed by atoms with E-state index in [-0.39, 0.29) is 34.0 Å². The molecule has 9 heterocycles. The molecule has 0 aliphatic carbocycles. The zero-order chi connectivity index (χ0) is 71.2. The van der Waals surface area contributed by atoms with Crippen LogP contribution in [0, 0.1) is 11.6 Å². The summed E-state index contributed by atoms with van der Waals surface area (Å²) in [5.41, 5.74) is 14.7. The van der Waals surface area contributed by atoms with Gasteiger partial charge in [0.2, 0.25) is 0 Å². The van der Waals surface area contributed by atoms with Crippen LogP contribution >= 0.6 is 46.4 Å². The molecule has 4 N–H and O–H groups in total. The predicted molar refractivity (Wildman–Crippen MR) is 378 cm³/mol. The Labute approximate surface area is 601 Å². The maximum atomic E-state index is 14.0. The lowest BCUT2D eigenvalue weighted by atomic mass is 9.99. The number of rotatable bonds is 8. The number of carbonyl (C=O) groups excluding carboxylic acids is 4. The topological polar surface area (TPSA) is 209 Å². The Hall–Kier alpha value is -10.8. The molecule has 4 aliphatic heterocycles. The van der Waals surface area contributed by atoms with Gasteiger partial charge in [-0.05, 0) is 80.3 Å². The smallest absolute Gasteiger partial charge is 0.332 e. The van der Waals surface area contributed by atoms with Crippen LogP contribution < -0.4 is 0 Å². The van der Waals surface area contributed by atoms with Gasteiger partial charge in [0.1, 0.15) is 11.6 Å². The number of nitrogens with one attached hydrogen (secondary N) is 4. The number of nitrogens with zero attached hydrogens (tertiary/aromatic N) is 9. The van der Waals surface area contributed by atoms with Crippen LogP contribution in [0.1, 0.15) is 92.2 Å². The van der Waals surface area contributed by atoms with Crippen LogP contribution in [-0.4, -0.2) is 115 Å². The van der Waals surface area contributed by atoms with Crippen molar-refractivity contribution < 1.29 is 41.1 Å². The second-order valence-electron chi connectivity index (χ2n) is 24.2. The number of aromatic amines is 4. The van der Waals surface area contributed by atoms with Gasteiger partial charge in [0.05, 0.1) is 114 Å². The minimum atomic E-state index is -4.68. The highest BCUT2D eigenvalue weighted by Gasteiger charge is 2.39. The van der Waals surface area contributed by atoms with Crippen LogP contribution in [0.25, 0.3) is 45.0 Å². The first kappa shape index (κ1) is 69.7. The maximum absolute atomic E-state index is 14.0. The standard InChI is InChI=1S/C19H15Cl2N3O.2C19H15ClFN3O.C19H15F3N4O/c2*20-14-7-4-8-15(21)17(14)19(25)24-10-9-13-16(11-24)22-23-18(13)12-5-2-1-3-6-12;20-16-10-13(21)6-7-14(16)19(25)24-9-8-15-17(11-24)22-23-18(15)12-4-2-1-3-5-12;20-19(21,22)17-14(7-4-9-23-17)18(27)26-10-8-13-15(11-26)24-25-16(13)12-5-2-1-3-6-12/h2*1-8H,9-11H2,(H,22,23);1-7,10H,8-9,11H2,(H,22,23);1-7,9H,8,10-11H2,(H,24,25). The van der Waals surface area contributed by atoms with E-state index >= 15 is 0 Å². The molecule has 0 atom stereocenters. The Kier molecular flexibility index (Phi) is 20.9. The van der Waals surface area contributed by atoms with Crippen molar-refractivity contribution in [1.82, 2.24) is 65.4 Å². The number of aromatic nitrogens is 9. The molecule has 0 bridgehead atoms. The van der Waals surface area contributed by atoms with E-state index in [0.717, 1.165) is 109 Å². The monoisotopic (exact) mass is 1450 g/mol. The molecule has 0 radical (unpaired) electrons. The van der Waals surface area contributed by atoms with Gasteiger partial charge in [-0.3, -0.25) is 44.6 Å². The number of benzene rings is 7. The Morgan fingerprint density at radius 3 is 1.08 bits per heavy atom. The van der Waals surface area contributed by atoms with Crippen molar-refractivity contribution in [2.24, 2.45) is 0 Å². The number of fused-ring (bicyclic) bond motifs is 4. The molecular formula is C76H60Cl4F5N13O4. The van der Waals surface area contributed by atoms with Crippen molar-refractivity contribution >= 4 is 70.0 Å². The highest BCUT2D eigenvalue weighted by atomic mass is 35.5. The summed E-state index contributed by atoms with van der Waals surface area (Å²) in [6, 6.07) is 55.2. The van der Waals surface area contributed by atoms with Crippen molar-refractivity contribution in [2.75, 3.05) is 26.2 Å². The van der Waals surface area contributed by atoms with Crippen molar-refractivity contribution in [3.8, 4) is 45.0 Å². The molecule has 4 aliphatic rings. The summed E-state index contributed by atoms with van der Waals surface area (Å²) in [6.45, 7) is 3.43. The first-order valence-corrected chi connectivity index (χ1v) is 33.9. The fraction of sp³-hybridized carbons (Fsp3) is 0.171. The highest BCUT2D eigenvalue weighted by Crippen LogP contribution is 2.37. The first-order valence-electron chi connectivity index (χ1n) is 32.4. The summed E-state index contributed by atoms with van der Waals surface area (Å²) in [4.78, 5) is 60.8. The molecule has 12 aromatic rings. The summed E-state index contributed by atoms with van der Waals surface area (Å²) in [5, 5.41) is 30.7. The molecule has 26 heteroatoms. The minimum absolute atomic E-state index is 0.0737. The second kappa shape index (κ2) is 30.6. The van der Waals surface area contributed by atoms with E-state index in [9.17, 15) is 41.1 Å². The zero-order valence-corrected chi connectivity index (χ0v) is 57.0. The zero-order valence-electron chi connectivity index (χ0n) is 54.0. The van der Waals surface area contributed by atoms with Crippen LogP contribution in [0.3, 0.4) is 0 Å². The fourth-order valence-corrected chi connectivity index (χ4v) is 13.9. The Morgan fingerprint density at radius 1 is 0.373 bits per heavy atom. The Bertz CT molecular complexity index is 4860. The lowest BCUT2D eigenvalue weighted by Crippen LogP contribution is -2.37. The van der Waals surface area contributed by atoms with E-state index in [1.165, 1.54) is 46.9 Å². The molecule has 17 nitrogen and oxygen atoms in total. The number of H-pyrrole nitrogens is 4. The second-order valence-corrected chi connectivity index (χ2v) is 25.8. The molecule has 0 saturated heterocycles. The highest BCUT2D eigenvalue weighted by molar-refractivity contribution is 6.39. The SMILES string of the molecule is O=C(c1c(Cl)cccc1Cl)N1CCc2c(-c3ccccc3)n[nH]c2C1.O=C(c1c(F)cccc1Cl)N1CCc2c(-c3ccccc3)n[nH]c2C1.O=C(c1ccc(F)cc1Cl)N1CCc2c(-c3ccccc3)n[nH]c2C1.O=C(c1cccnc1C(F)(F)F)N1CCc2c(-c3ccccc3)n[nH]c2C1. The minimum Gasteiger partial charge on any atom is -0.332 e.